The van der Waals surface area contributed by atoms with E-state index in [0.717, 1.165) is 5.56 Å². The molecule has 0 aliphatic heterocycles. The van der Waals surface area contributed by atoms with Crippen molar-refractivity contribution < 1.29 is 9.53 Å². The van der Waals surface area contributed by atoms with Gasteiger partial charge in [0.15, 0.2) is 0 Å². The molecule has 1 aromatic carbocycles. The molecule has 96 valence electrons. The predicted octanol–water partition coefficient (Wildman–Crippen LogP) is 2.29. The fourth-order valence-electron chi connectivity index (χ4n) is 1.55. The number of nitrogens with one attached hydrogen (secondary N) is 1. The van der Waals surface area contributed by atoms with E-state index in [2.05, 4.69) is 11.2 Å². The molecule has 1 rings (SSSR count). The number of ether oxygens (including phenoxy) is 1. The Balaban J connectivity index is 2.97. The number of carbonyl (C=O) groups is 1. The molecule has 0 aliphatic carbocycles. The molecular formula is C15H19NO2. The molecule has 0 aromatic heterocycles. The molecule has 0 amide bonds. The first-order valence-corrected chi connectivity index (χ1v) is 5.97. The first kappa shape index (κ1) is 14.3. The number of terminal acetylenes is 1. The van der Waals surface area contributed by atoms with Gasteiger partial charge in [-0.1, -0.05) is 36.3 Å². The molecule has 0 heterocycles. The summed E-state index contributed by atoms with van der Waals surface area (Å²) in [5.41, 5.74) is 0.270. The predicted molar refractivity (Wildman–Crippen MR) is 71.9 cm³/mol. The van der Waals surface area contributed by atoms with Crippen LogP contribution in [0, 0.1) is 12.3 Å². The van der Waals surface area contributed by atoms with E-state index >= 15 is 0 Å². The van der Waals surface area contributed by atoms with Crippen LogP contribution >= 0.6 is 0 Å². The molecule has 18 heavy (non-hydrogen) atoms. The lowest BCUT2D eigenvalue weighted by atomic mass is 10.0. The van der Waals surface area contributed by atoms with E-state index in [1.807, 2.05) is 44.2 Å². The maximum Gasteiger partial charge on any atom is 0.327 e. The van der Waals surface area contributed by atoms with Crippen LogP contribution in [-0.4, -0.2) is 18.1 Å². The van der Waals surface area contributed by atoms with Gasteiger partial charge < -0.3 is 4.74 Å². The second-order valence-electron chi connectivity index (χ2n) is 4.51. The smallest absolute Gasteiger partial charge is 0.327 e. The summed E-state index contributed by atoms with van der Waals surface area (Å²) in [6.45, 7) is 5.83. The highest BCUT2D eigenvalue weighted by Crippen LogP contribution is 2.18. The molecular weight excluding hydrogens is 226 g/mol. The van der Waals surface area contributed by atoms with E-state index in [9.17, 15) is 4.79 Å². The summed E-state index contributed by atoms with van der Waals surface area (Å²) >= 11 is 0. The molecule has 1 unspecified atom stereocenters. The van der Waals surface area contributed by atoms with Gasteiger partial charge in [-0.15, -0.1) is 6.42 Å². The van der Waals surface area contributed by atoms with Crippen molar-refractivity contribution >= 4 is 5.97 Å². The molecule has 0 saturated carbocycles. The van der Waals surface area contributed by atoms with Gasteiger partial charge in [-0.25, -0.2) is 4.79 Å². The number of rotatable bonds is 5. The van der Waals surface area contributed by atoms with E-state index < -0.39 is 11.6 Å². The molecule has 3 heteroatoms. The number of hydrogen-bond donors (Lipinski definition) is 1. The van der Waals surface area contributed by atoms with Crippen LogP contribution in [0.25, 0.3) is 0 Å². The van der Waals surface area contributed by atoms with Crippen molar-refractivity contribution in [2.24, 2.45) is 0 Å². The van der Waals surface area contributed by atoms with Gasteiger partial charge in [-0.2, -0.15) is 0 Å². The van der Waals surface area contributed by atoms with Crippen LogP contribution in [-0.2, 0) is 9.53 Å². The standard InChI is InChI=1S/C15H19NO2/c1-5-15(3,4)16-13(14(17)18-6-2)12-10-8-7-9-11-12/h1,7-11,13,16H,6H2,2-4H3. The minimum absolute atomic E-state index is 0.313. The topological polar surface area (TPSA) is 38.3 Å². The van der Waals surface area contributed by atoms with Crippen LogP contribution in [0.3, 0.4) is 0 Å². The van der Waals surface area contributed by atoms with Crippen LogP contribution in [0.1, 0.15) is 32.4 Å². The Morgan fingerprint density at radius 2 is 2.06 bits per heavy atom. The van der Waals surface area contributed by atoms with Gasteiger partial charge in [0, 0.05) is 0 Å². The Labute approximate surface area is 109 Å². The van der Waals surface area contributed by atoms with Gasteiger partial charge in [-0.3, -0.25) is 5.32 Å². The fraction of sp³-hybridized carbons (Fsp3) is 0.400. The summed E-state index contributed by atoms with van der Waals surface area (Å²) in [7, 11) is 0. The lowest BCUT2D eigenvalue weighted by molar-refractivity contribution is -0.146. The SMILES string of the molecule is C#CC(C)(C)NC(C(=O)OCC)c1ccccc1. The van der Waals surface area contributed by atoms with Crippen molar-refractivity contribution in [1.82, 2.24) is 5.32 Å². The zero-order valence-corrected chi connectivity index (χ0v) is 11.1. The average molecular weight is 245 g/mol. The number of esters is 1. The van der Waals surface area contributed by atoms with Crippen LogP contribution in [0.15, 0.2) is 30.3 Å². The Hall–Kier alpha value is -1.79. The Bertz CT molecular complexity index is 432. The molecule has 0 bridgehead atoms. The van der Waals surface area contributed by atoms with Crippen molar-refractivity contribution in [2.45, 2.75) is 32.4 Å². The van der Waals surface area contributed by atoms with Gasteiger partial charge in [0.05, 0.1) is 12.1 Å². The highest BCUT2D eigenvalue weighted by Gasteiger charge is 2.27. The lowest BCUT2D eigenvalue weighted by Gasteiger charge is -2.26. The van der Waals surface area contributed by atoms with Crippen LogP contribution in [0.5, 0.6) is 0 Å². The van der Waals surface area contributed by atoms with Gasteiger partial charge in [0.25, 0.3) is 0 Å². The third-order valence-electron chi connectivity index (χ3n) is 2.52. The van der Waals surface area contributed by atoms with Crippen molar-refractivity contribution in [2.75, 3.05) is 6.61 Å². The van der Waals surface area contributed by atoms with Crippen molar-refractivity contribution in [3.63, 3.8) is 0 Å². The van der Waals surface area contributed by atoms with Gasteiger partial charge in [-0.05, 0) is 26.3 Å². The van der Waals surface area contributed by atoms with Gasteiger partial charge in [0.1, 0.15) is 6.04 Å². The number of carbonyl (C=O) groups excluding carboxylic acids is 1. The molecule has 3 nitrogen and oxygen atoms in total. The van der Waals surface area contributed by atoms with E-state index in [1.165, 1.54) is 0 Å². The summed E-state index contributed by atoms with van der Waals surface area (Å²) in [4.78, 5) is 12.0. The zero-order chi connectivity index (χ0) is 13.6. The van der Waals surface area contributed by atoms with Crippen LogP contribution < -0.4 is 5.32 Å². The maximum atomic E-state index is 12.0. The third-order valence-corrected chi connectivity index (χ3v) is 2.52. The monoisotopic (exact) mass is 245 g/mol. The first-order chi connectivity index (χ1) is 8.50. The van der Waals surface area contributed by atoms with E-state index in [0.29, 0.717) is 6.61 Å². The molecule has 1 N–H and O–H groups in total. The molecule has 0 saturated heterocycles. The summed E-state index contributed by atoms with van der Waals surface area (Å²) in [6.07, 6.45) is 5.44. The molecule has 0 spiro atoms. The minimum Gasteiger partial charge on any atom is -0.465 e. The first-order valence-electron chi connectivity index (χ1n) is 5.97. The summed E-state index contributed by atoms with van der Waals surface area (Å²) < 4.78 is 5.08. The second kappa shape index (κ2) is 6.23. The summed E-state index contributed by atoms with van der Waals surface area (Å²) in [6, 6.07) is 8.87. The average Bonchev–Trinajstić information content (AvgIpc) is 2.37. The zero-order valence-electron chi connectivity index (χ0n) is 11.1. The third kappa shape index (κ3) is 3.90. The highest BCUT2D eigenvalue weighted by atomic mass is 16.5. The van der Waals surface area contributed by atoms with E-state index in [-0.39, 0.29) is 5.97 Å². The summed E-state index contributed by atoms with van der Waals surface area (Å²) in [5.74, 6) is 2.31. The Morgan fingerprint density at radius 1 is 1.44 bits per heavy atom. The van der Waals surface area contributed by atoms with Crippen LogP contribution in [0.4, 0.5) is 0 Å². The maximum absolute atomic E-state index is 12.0. The Morgan fingerprint density at radius 3 is 2.56 bits per heavy atom. The van der Waals surface area contributed by atoms with Gasteiger partial charge >= 0.3 is 5.97 Å². The Kier molecular flexibility index (Phi) is 4.94. The van der Waals surface area contributed by atoms with E-state index in [1.54, 1.807) is 6.92 Å². The van der Waals surface area contributed by atoms with Crippen molar-refractivity contribution in [3.8, 4) is 12.3 Å². The number of benzene rings is 1. The quantitative estimate of drug-likeness (QED) is 0.639. The lowest BCUT2D eigenvalue weighted by Crippen LogP contribution is -2.44. The normalized spacial score (nSPS) is 12.6. The largest absolute Gasteiger partial charge is 0.465 e. The molecule has 1 atom stereocenters. The molecule has 0 fully saturated rings. The molecule has 0 radical (unpaired) electrons. The second-order valence-corrected chi connectivity index (χ2v) is 4.51. The minimum atomic E-state index is -0.576. The molecule has 1 aromatic rings. The molecule has 0 aliphatic rings. The highest BCUT2D eigenvalue weighted by molar-refractivity contribution is 5.77. The van der Waals surface area contributed by atoms with Crippen molar-refractivity contribution in [1.29, 1.82) is 0 Å². The number of hydrogen-bond acceptors (Lipinski definition) is 3. The van der Waals surface area contributed by atoms with E-state index in [4.69, 9.17) is 11.2 Å². The van der Waals surface area contributed by atoms with Gasteiger partial charge in [0.2, 0.25) is 0 Å². The van der Waals surface area contributed by atoms with Crippen molar-refractivity contribution in [3.05, 3.63) is 35.9 Å². The van der Waals surface area contributed by atoms with Crippen LogP contribution in [0.2, 0.25) is 0 Å². The summed E-state index contributed by atoms with van der Waals surface area (Å²) in [5, 5.41) is 3.13. The fourth-order valence-corrected chi connectivity index (χ4v) is 1.55.